The molecule has 0 saturated heterocycles. The zero-order valence-corrected chi connectivity index (χ0v) is 9.16. The molecule has 1 aromatic carbocycles. The highest BCUT2D eigenvalue weighted by Gasteiger charge is 2.16. The Morgan fingerprint density at radius 2 is 2.31 bits per heavy atom. The van der Waals surface area contributed by atoms with E-state index >= 15 is 0 Å². The van der Waals surface area contributed by atoms with Crippen LogP contribution >= 0.6 is 0 Å². The zero-order chi connectivity index (χ0) is 11.0. The third kappa shape index (κ3) is 1.51. The van der Waals surface area contributed by atoms with E-state index in [1.807, 2.05) is 13.0 Å². The summed E-state index contributed by atoms with van der Waals surface area (Å²) in [5.41, 5.74) is 3.75. The van der Waals surface area contributed by atoms with Gasteiger partial charge in [-0.1, -0.05) is 17.3 Å². The van der Waals surface area contributed by atoms with Gasteiger partial charge in [0.1, 0.15) is 0 Å². The van der Waals surface area contributed by atoms with Crippen LogP contribution in [0.3, 0.4) is 0 Å². The van der Waals surface area contributed by atoms with Crippen LogP contribution in [0.25, 0.3) is 11.5 Å². The van der Waals surface area contributed by atoms with E-state index in [9.17, 15) is 0 Å². The summed E-state index contributed by atoms with van der Waals surface area (Å²) < 4.78 is 5.23. The molecule has 0 saturated carbocycles. The predicted octanol–water partition coefficient (Wildman–Crippen LogP) is 1.69. The molecule has 0 bridgehead atoms. The summed E-state index contributed by atoms with van der Waals surface area (Å²) >= 11 is 0. The van der Waals surface area contributed by atoms with Crippen LogP contribution in [0.2, 0.25) is 0 Å². The quantitative estimate of drug-likeness (QED) is 0.786. The molecule has 2 aromatic rings. The van der Waals surface area contributed by atoms with Gasteiger partial charge < -0.3 is 9.84 Å². The van der Waals surface area contributed by atoms with Crippen molar-refractivity contribution in [1.82, 2.24) is 15.5 Å². The van der Waals surface area contributed by atoms with E-state index in [0.717, 1.165) is 25.1 Å². The molecule has 4 nitrogen and oxygen atoms in total. The molecule has 2 heterocycles. The number of fused-ring (bicyclic) bond motifs is 1. The molecule has 1 aliphatic rings. The SMILES string of the molecule is Cc1noc(-c2cccc3c2CCNC3)n1. The Morgan fingerprint density at radius 3 is 3.12 bits per heavy atom. The second-order valence-electron chi connectivity index (χ2n) is 4.02. The van der Waals surface area contributed by atoms with E-state index in [1.165, 1.54) is 11.1 Å². The minimum Gasteiger partial charge on any atom is -0.334 e. The first-order valence-electron chi connectivity index (χ1n) is 5.47. The van der Waals surface area contributed by atoms with Gasteiger partial charge in [-0.25, -0.2) is 0 Å². The molecule has 0 aliphatic carbocycles. The van der Waals surface area contributed by atoms with Gasteiger partial charge in [-0.15, -0.1) is 0 Å². The van der Waals surface area contributed by atoms with E-state index in [4.69, 9.17) is 4.52 Å². The summed E-state index contributed by atoms with van der Waals surface area (Å²) in [6, 6.07) is 6.24. The van der Waals surface area contributed by atoms with Crippen molar-refractivity contribution in [2.45, 2.75) is 19.9 Å². The largest absolute Gasteiger partial charge is 0.334 e. The smallest absolute Gasteiger partial charge is 0.258 e. The topological polar surface area (TPSA) is 51.0 Å². The Kier molecular flexibility index (Phi) is 2.22. The average molecular weight is 215 g/mol. The fourth-order valence-corrected chi connectivity index (χ4v) is 2.14. The minimum atomic E-state index is 0.635. The van der Waals surface area contributed by atoms with E-state index < -0.39 is 0 Å². The molecular formula is C12H13N3O. The summed E-state index contributed by atoms with van der Waals surface area (Å²) in [6.45, 7) is 3.78. The molecule has 0 unspecified atom stereocenters. The maximum atomic E-state index is 5.23. The number of hydrogen-bond acceptors (Lipinski definition) is 4. The van der Waals surface area contributed by atoms with Crippen LogP contribution in [0.1, 0.15) is 17.0 Å². The maximum absolute atomic E-state index is 5.23. The first-order valence-corrected chi connectivity index (χ1v) is 5.47. The first kappa shape index (κ1) is 9.54. The highest BCUT2D eigenvalue weighted by Crippen LogP contribution is 2.26. The number of benzene rings is 1. The van der Waals surface area contributed by atoms with E-state index in [2.05, 4.69) is 27.6 Å². The lowest BCUT2D eigenvalue weighted by molar-refractivity contribution is 0.425. The molecule has 1 N–H and O–H groups in total. The summed E-state index contributed by atoms with van der Waals surface area (Å²) in [5.74, 6) is 1.32. The van der Waals surface area contributed by atoms with Crippen LogP contribution in [0, 0.1) is 6.92 Å². The number of aryl methyl sites for hydroxylation is 1. The Hall–Kier alpha value is -1.68. The molecule has 16 heavy (non-hydrogen) atoms. The summed E-state index contributed by atoms with van der Waals surface area (Å²) in [4.78, 5) is 4.29. The summed E-state index contributed by atoms with van der Waals surface area (Å²) in [5, 5.41) is 7.20. The molecule has 82 valence electrons. The normalized spacial score (nSPS) is 14.8. The maximum Gasteiger partial charge on any atom is 0.258 e. The van der Waals surface area contributed by atoms with Gasteiger partial charge >= 0.3 is 0 Å². The van der Waals surface area contributed by atoms with Gasteiger partial charge in [-0.05, 0) is 37.1 Å². The molecular weight excluding hydrogens is 202 g/mol. The zero-order valence-electron chi connectivity index (χ0n) is 9.16. The van der Waals surface area contributed by atoms with Gasteiger partial charge in [0, 0.05) is 12.1 Å². The number of hydrogen-bond donors (Lipinski definition) is 1. The highest BCUT2D eigenvalue weighted by molar-refractivity contribution is 5.61. The molecule has 0 amide bonds. The van der Waals surface area contributed by atoms with Crippen molar-refractivity contribution >= 4 is 0 Å². The van der Waals surface area contributed by atoms with Crippen molar-refractivity contribution in [3.63, 3.8) is 0 Å². The van der Waals surface area contributed by atoms with Crippen molar-refractivity contribution in [3.05, 3.63) is 35.2 Å². The third-order valence-corrected chi connectivity index (χ3v) is 2.90. The molecule has 1 aliphatic heterocycles. The van der Waals surface area contributed by atoms with E-state index in [1.54, 1.807) is 0 Å². The molecule has 0 fully saturated rings. The van der Waals surface area contributed by atoms with Crippen LogP contribution < -0.4 is 5.32 Å². The van der Waals surface area contributed by atoms with Crippen LogP contribution in [0.4, 0.5) is 0 Å². The standard InChI is InChI=1S/C12H13N3O/c1-8-14-12(16-15-8)11-4-2-3-9-7-13-6-5-10(9)11/h2-4,13H,5-7H2,1H3. The van der Waals surface area contributed by atoms with Gasteiger partial charge in [-0.2, -0.15) is 4.98 Å². The molecule has 4 heteroatoms. The monoisotopic (exact) mass is 215 g/mol. The minimum absolute atomic E-state index is 0.635. The first-order chi connectivity index (χ1) is 7.84. The lowest BCUT2D eigenvalue weighted by Crippen LogP contribution is -2.24. The lowest BCUT2D eigenvalue weighted by Gasteiger charge is -2.18. The molecule has 1 aromatic heterocycles. The molecule has 0 atom stereocenters. The van der Waals surface area contributed by atoms with Gasteiger partial charge in [0.15, 0.2) is 5.82 Å². The Morgan fingerprint density at radius 1 is 1.38 bits per heavy atom. The molecule has 3 rings (SSSR count). The van der Waals surface area contributed by atoms with Crippen molar-refractivity contribution in [3.8, 4) is 11.5 Å². The number of nitrogens with one attached hydrogen (secondary N) is 1. The second kappa shape index (κ2) is 3.72. The fraction of sp³-hybridized carbons (Fsp3) is 0.333. The lowest BCUT2D eigenvalue weighted by atomic mass is 9.95. The fourth-order valence-electron chi connectivity index (χ4n) is 2.14. The number of aromatic nitrogens is 2. The van der Waals surface area contributed by atoms with Crippen LogP contribution in [0.15, 0.2) is 22.7 Å². The van der Waals surface area contributed by atoms with Crippen molar-refractivity contribution in [2.24, 2.45) is 0 Å². The number of nitrogens with zero attached hydrogens (tertiary/aromatic N) is 2. The highest BCUT2D eigenvalue weighted by atomic mass is 16.5. The Balaban J connectivity index is 2.13. The van der Waals surface area contributed by atoms with Crippen molar-refractivity contribution < 1.29 is 4.52 Å². The van der Waals surface area contributed by atoms with Crippen LogP contribution in [-0.2, 0) is 13.0 Å². The summed E-state index contributed by atoms with van der Waals surface area (Å²) in [7, 11) is 0. The Bertz CT molecular complexity index is 519. The van der Waals surface area contributed by atoms with Gasteiger partial charge in [-0.3, -0.25) is 0 Å². The Labute approximate surface area is 93.7 Å². The van der Waals surface area contributed by atoms with Crippen molar-refractivity contribution in [2.75, 3.05) is 6.54 Å². The predicted molar refractivity (Wildman–Crippen MR) is 59.9 cm³/mol. The van der Waals surface area contributed by atoms with Gasteiger partial charge in [0.05, 0.1) is 0 Å². The van der Waals surface area contributed by atoms with Gasteiger partial charge in [0.2, 0.25) is 0 Å². The molecule has 0 radical (unpaired) electrons. The molecule has 0 spiro atoms. The van der Waals surface area contributed by atoms with E-state index in [-0.39, 0.29) is 0 Å². The van der Waals surface area contributed by atoms with E-state index in [0.29, 0.717) is 11.7 Å². The average Bonchev–Trinajstić information content (AvgIpc) is 2.75. The van der Waals surface area contributed by atoms with Crippen molar-refractivity contribution in [1.29, 1.82) is 0 Å². The van der Waals surface area contributed by atoms with Crippen LogP contribution in [-0.4, -0.2) is 16.7 Å². The number of rotatable bonds is 1. The van der Waals surface area contributed by atoms with Gasteiger partial charge in [0.25, 0.3) is 5.89 Å². The third-order valence-electron chi connectivity index (χ3n) is 2.90. The summed E-state index contributed by atoms with van der Waals surface area (Å²) in [6.07, 6.45) is 1.02. The second-order valence-corrected chi connectivity index (χ2v) is 4.02. The van der Waals surface area contributed by atoms with Crippen LogP contribution in [0.5, 0.6) is 0 Å².